The minimum atomic E-state index is -1.30. The van der Waals surface area contributed by atoms with E-state index in [1.54, 1.807) is 5.94 Å². The SMILES string of the molecule is C=CCOC(=O)C1=C([N+](=O)[O-])C(OCC=C)C(=C=O)C=C1. The third kappa shape index (κ3) is 3.85. The number of rotatable bonds is 7. The Bertz CT molecular complexity index is 580. The van der Waals surface area contributed by atoms with Crippen molar-refractivity contribution in [2.45, 2.75) is 6.10 Å². The van der Waals surface area contributed by atoms with Gasteiger partial charge in [-0.25, -0.2) is 9.59 Å². The zero-order chi connectivity index (χ0) is 15.8. The van der Waals surface area contributed by atoms with Crippen LogP contribution in [0.15, 0.2) is 54.3 Å². The summed E-state index contributed by atoms with van der Waals surface area (Å²) in [6.45, 7) is 6.68. The molecule has 0 N–H and O–H groups in total. The van der Waals surface area contributed by atoms with Gasteiger partial charge in [0.1, 0.15) is 18.1 Å². The average Bonchev–Trinajstić information content (AvgIpc) is 2.49. The maximum atomic E-state index is 11.8. The molecule has 0 fully saturated rings. The first kappa shape index (κ1) is 16.3. The highest BCUT2D eigenvalue weighted by atomic mass is 16.6. The van der Waals surface area contributed by atoms with Crippen molar-refractivity contribution in [3.63, 3.8) is 0 Å². The summed E-state index contributed by atoms with van der Waals surface area (Å²) in [6.07, 6.45) is 3.77. The van der Waals surface area contributed by atoms with E-state index in [9.17, 15) is 19.7 Å². The highest BCUT2D eigenvalue weighted by Gasteiger charge is 2.38. The number of carbonyl (C=O) groups excluding carboxylic acids is 2. The van der Waals surface area contributed by atoms with Gasteiger partial charge in [0.05, 0.1) is 17.1 Å². The van der Waals surface area contributed by atoms with Gasteiger partial charge in [0.25, 0.3) is 5.70 Å². The van der Waals surface area contributed by atoms with Crippen LogP contribution < -0.4 is 0 Å². The standard InChI is InChI=1S/C14H13NO6/c1-3-7-20-13-10(9-16)5-6-11(12(13)15(18)19)14(17)21-8-4-2/h3-6,13H,1-2,7-8H2. The molecule has 110 valence electrons. The molecule has 0 bridgehead atoms. The minimum Gasteiger partial charge on any atom is -0.458 e. The summed E-state index contributed by atoms with van der Waals surface area (Å²) < 4.78 is 9.98. The van der Waals surface area contributed by atoms with Crippen LogP contribution in [0.25, 0.3) is 0 Å². The normalized spacial score (nSPS) is 17.1. The van der Waals surface area contributed by atoms with Crippen LogP contribution in [0.3, 0.4) is 0 Å². The number of nitrogens with zero attached hydrogens (tertiary/aromatic N) is 1. The molecule has 0 radical (unpaired) electrons. The maximum absolute atomic E-state index is 11.8. The number of hydrogen-bond acceptors (Lipinski definition) is 6. The van der Waals surface area contributed by atoms with Crippen molar-refractivity contribution in [1.29, 1.82) is 0 Å². The molecular formula is C14H13NO6. The molecule has 1 rings (SSSR count). The highest BCUT2D eigenvalue weighted by molar-refractivity contribution is 5.93. The summed E-state index contributed by atoms with van der Waals surface area (Å²) in [4.78, 5) is 33.1. The quantitative estimate of drug-likeness (QED) is 0.229. The molecule has 0 aromatic carbocycles. The van der Waals surface area contributed by atoms with Crippen LogP contribution in [0.5, 0.6) is 0 Å². The summed E-state index contributed by atoms with van der Waals surface area (Å²) >= 11 is 0. The van der Waals surface area contributed by atoms with E-state index in [1.807, 2.05) is 0 Å². The molecular weight excluding hydrogens is 278 g/mol. The van der Waals surface area contributed by atoms with Crippen LogP contribution in [0.2, 0.25) is 0 Å². The summed E-state index contributed by atoms with van der Waals surface area (Å²) in [5, 5.41) is 11.2. The monoisotopic (exact) mass is 291 g/mol. The van der Waals surface area contributed by atoms with E-state index in [0.717, 1.165) is 6.08 Å². The lowest BCUT2D eigenvalue weighted by molar-refractivity contribution is -0.436. The molecule has 0 spiro atoms. The van der Waals surface area contributed by atoms with Crippen LogP contribution >= 0.6 is 0 Å². The van der Waals surface area contributed by atoms with E-state index < -0.39 is 22.7 Å². The van der Waals surface area contributed by atoms with E-state index in [0.29, 0.717) is 0 Å². The molecule has 0 amide bonds. The number of esters is 1. The van der Waals surface area contributed by atoms with Crippen molar-refractivity contribution in [3.8, 4) is 0 Å². The first-order valence-corrected chi connectivity index (χ1v) is 5.89. The Morgan fingerprint density at radius 3 is 2.57 bits per heavy atom. The van der Waals surface area contributed by atoms with Crippen LogP contribution in [0, 0.1) is 10.1 Å². The van der Waals surface area contributed by atoms with Gasteiger partial charge in [-0.05, 0) is 12.2 Å². The average molecular weight is 291 g/mol. The largest absolute Gasteiger partial charge is 0.458 e. The Labute approximate surface area is 120 Å². The molecule has 0 heterocycles. The van der Waals surface area contributed by atoms with Crippen LogP contribution in [0.1, 0.15) is 0 Å². The lowest BCUT2D eigenvalue weighted by Crippen LogP contribution is -2.29. The number of hydrogen-bond donors (Lipinski definition) is 0. The number of carbonyl (C=O) groups is 1. The second kappa shape index (κ2) is 7.74. The molecule has 1 aliphatic rings. The van der Waals surface area contributed by atoms with E-state index in [2.05, 4.69) is 13.2 Å². The van der Waals surface area contributed by atoms with Gasteiger partial charge in [0, 0.05) is 0 Å². The van der Waals surface area contributed by atoms with E-state index in [-0.39, 0.29) is 24.4 Å². The minimum absolute atomic E-state index is 0.0317. The lowest BCUT2D eigenvalue weighted by Gasteiger charge is -2.18. The zero-order valence-electron chi connectivity index (χ0n) is 11.1. The number of nitro groups is 1. The van der Waals surface area contributed by atoms with Gasteiger partial charge in [-0.15, -0.1) is 6.58 Å². The van der Waals surface area contributed by atoms with Crippen molar-refractivity contribution >= 4 is 11.9 Å². The van der Waals surface area contributed by atoms with Gasteiger partial charge in [-0.2, -0.15) is 0 Å². The molecule has 1 unspecified atom stereocenters. The maximum Gasteiger partial charge on any atom is 0.345 e. The van der Waals surface area contributed by atoms with Crippen molar-refractivity contribution in [3.05, 3.63) is 64.4 Å². The van der Waals surface area contributed by atoms with Gasteiger partial charge < -0.3 is 9.47 Å². The predicted molar refractivity (Wildman–Crippen MR) is 73.5 cm³/mol. The molecule has 0 saturated heterocycles. The molecule has 0 aliphatic heterocycles. The smallest absolute Gasteiger partial charge is 0.345 e. The Morgan fingerprint density at radius 1 is 1.38 bits per heavy atom. The third-order valence-corrected chi connectivity index (χ3v) is 2.48. The fourth-order valence-corrected chi connectivity index (χ4v) is 1.63. The summed E-state index contributed by atoms with van der Waals surface area (Å²) in [7, 11) is 0. The van der Waals surface area contributed by atoms with Crippen molar-refractivity contribution in [1.82, 2.24) is 0 Å². The van der Waals surface area contributed by atoms with E-state index in [4.69, 9.17) is 9.47 Å². The van der Waals surface area contributed by atoms with Crippen LogP contribution in [-0.2, 0) is 19.1 Å². The lowest BCUT2D eigenvalue weighted by atomic mass is 9.97. The van der Waals surface area contributed by atoms with E-state index in [1.165, 1.54) is 18.2 Å². The Morgan fingerprint density at radius 2 is 2.05 bits per heavy atom. The van der Waals surface area contributed by atoms with Crippen LogP contribution in [0.4, 0.5) is 0 Å². The van der Waals surface area contributed by atoms with Crippen LogP contribution in [-0.4, -0.2) is 36.2 Å². The molecule has 1 atom stereocenters. The first-order chi connectivity index (χ1) is 10.1. The van der Waals surface area contributed by atoms with Crippen molar-refractivity contribution < 1.29 is 24.0 Å². The number of ether oxygens (including phenoxy) is 2. The topological polar surface area (TPSA) is 95.7 Å². The van der Waals surface area contributed by atoms with Gasteiger partial charge in [-0.3, -0.25) is 10.1 Å². The zero-order valence-corrected chi connectivity index (χ0v) is 11.1. The molecule has 7 heteroatoms. The molecule has 0 aromatic heterocycles. The predicted octanol–water partition coefficient (Wildman–Crippen LogP) is 1.15. The Kier molecular flexibility index (Phi) is 6.00. The second-order valence-electron chi connectivity index (χ2n) is 3.84. The molecule has 7 nitrogen and oxygen atoms in total. The Hall–Kier alpha value is -2.76. The van der Waals surface area contributed by atoms with Gasteiger partial charge in [0.15, 0.2) is 6.10 Å². The highest BCUT2D eigenvalue weighted by Crippen LogP contribution is 2.26. The molecule has 21 heavy (non-hydrogen) atoms. The van der Waals surface area contributed by atoms with E-state index >= 15 is 0 Å². The molecule has 0 aromatic rings. The molecule has 1 aliphatic carbocycles. The summed E-state index contributed by atoms with van der Waals surface area (Å²) in [5.74, 6) is 0.671. The van der Waals surface area contributed by atoms with Gasteiger partial charge in [0.2, 0.25) is 0 Å². The van der Waals surface area contributed by atoms with Gasteiger partial charge in [-0.1, -0.05) is 18.7 Å². The summed E-state index contributed by atoms with van der Waals surface area (Å²) in [6, 6.07) is 0. The fraction of sp³-hybridized carbons (Fsp3) is 0.214. The summed E-state index contributed by atoms with van der Waals surface area (Å²) in [5.41, 5.74) is -0.925. The van der Waals surface area contributed by atoms with Crippen molar-refractivity contribution in [2.24, 2.45) is 0 Å². The third-order valence-electron chi connectivity index (χ3n) is 2.48. The molecule has 0 saturated carbocycles. The second-order valence-corrected chi connectivity index (χ2v) is 3.84. The fourth-order valence-electron chi connectivity index (χ4n) is 1.63. The Balaban J connectivity index is 3.26. The van der Waals surface area contributed by atoms with Gasteiger partial charge >= 0.3 is 5.97 Å². The first-order valence-electron chi connectivity index (χ1n) is 5.89. The van der Waals surface area contributed by atoms with Crippen molar-refractivity contribution in [2.75, 3.05) is 13.2 Å².